The van der Waals surface area contributed by atoms with Crippen molar-refractivity contribution in [1.29, 1.82) is 0 Å². The molecule has 1 atom stereocenters. The monoisotopic (exact) mass is 274 g/mol. The Morgan fingerprint density at radius 2 is 2.15 bits per heavy atom. The molecular weight excluding hydrogens is 252 g/mol. The fourth-order valence-electron chi connectivity index (χ4n) is 1.98. The largest absolute Gasteiger partial charge is 0.384 e. The van der Waals surface area contributed by atoms with Crippen LogP contribution in [0.1, 0.15) is 28.4 Å². The Hall–Kier alpha value is -1.83. The first-order chi connectivity index (χ1) is 9.43. The molecule has 0 aliphatic carbocycles. The minimum absolute atomic E-state index is 0.0525. The van der Waals surface area contributed by atoms with Crippen LogP contribution < -0.4 is 5.32 Å². The number of carbonyl (C=O) groups is 1. The van der Waals surface area contributed by atoms with Gasteiger partial charge in [-0.05, 0) is 40.1 Å². The molecule has 0 bridgehead atoms. The Morgan fingerprint density at radius 3 is 2.75 bits per heavy atom. The fraction of sp³-hybridized carbons (Fsp3) is 0.438. The van der Waals surface area contributed by atoms with Crippen molar-refractivity contribution in [3.63, 3.8) is 0 Å². The Labute approximate surface area is 120 Å². The van der Waals surface area contributed by atoms with Crippen LogP contribution in [0.2, 0.25) is 0 Å². The van der Waals surface area contributed by atoms with Gasteiger partial charge < -0.3 is 15.3 Å². The molecule has 0 spiro atoms. The van der Waals surface area contributed by atoms with Gasteiger partial charge in [0.05, 0.1) is 5.56 Å². The lowest BCUT2D eigenvalue weighted by molar-refractivity contribution is 0.0934. The summed E-state index contributed by atoms with van der Waals surface area (Å²) in [5.74, 6) is 5.26. The molecule has 0 radical (unpaired) electrons. The number of hydrogen-bond acceptors (Lipinski definition) is 3. The third-order valence-electron chi connectivity index (χ3n) is 2.74. The Morgan fingerprint density at radius 1 is 1.45 bits per heavy atom. The third kappa shape index (κ3) is 5.04. The highest BCUT2D eigenvalue weighted by molar-refractivity contribution is 5.97. The number of benzene rings is 1. The summed E-state index contributed by atoms with van der Waals surface area (Å²) in [7, 11) is 3.93. The third-order valence-corrected chi connectivity index (χ3v) is 2.74. The van der Waals surface area contributed by atoms with Crippen molar-refractivity contribution >= 4 is 5.91 Å². The standard InChI is InChI=1S/C16H22N2O2/c1-12-7-8-14(6-5-9-19)15(10-12)16(20)17-13(2)11-18(3)4/h7-8,10,13,19H,9,11H2,1-4H3,(H,17,20). The highest BCUT2D eigenvalue weighted by Gasteiger charge is 2.13. The van der Waals surface area contributed by atoms with Gasteiger partial charge in [0.25, 0.3) is 5.91 Å². The summed E-state index contributed by atoms with van der Waals surface area (Å²) in [5, 5.41) is 11.7. The maximum Gasteiger partial charge on any atom is 0.252 e. The van der Waals surface area contributed by atoms with Crippen LogP contribution in [-0.4, -0.2) is 49.2 Å². The molecule has 4 heteroatoms. The van der Waals surface area contributed by atoms with E-state index in [1.165, 1.54) is 0 Å². The number of nitrogens with zero attached hydrogens (tertiary/aromatic N) is 1. The van der Waals surface area contributed by atoms with Crippen molar-refractivity contribution in [3.05, 3.63) is 34.9 Å². The number of hydrogen-bond donors (Lipinski definition) is 2. The average Bonchev–Trinajstić information content (AvgIpc) is 2.36. The number of aryl methyl sites for hydroxylation is 1. The fourth-order valence-corrected chi connectivity index (χ4v) is 1.98. The minimum Gasteiger partial charge on any atom is -0.384 e. The van der Waals surface area contributed by atoms with Crippen molar-refractivity contribution < 1.29 is 9.90 Å². The molecule has 2 N–H and O–H groups in total. The number of carbonyl (C=O) groups excluding carboxylic acids is 1. The van der Waals surface area contributed by atoms with E-state index < -0.39 is 0 Å². The molecule has 1 amide bonds. The minimum atomic E-state index is -0.216. The Balaban J connectivity index is 2.93. The van der Waals surface area contributed by atoms with Crippen molar-refractivity contribution in [2.24, 2.45) is 0 Å². The highest BCUT2D eigenvalue weighted by Crippen LogP contribution is 2.11. The quantitative estimate of drug-likeness (QED) is 0.806. The highest BCUT2D eigenvalue weighted by atomic mass is 16.2. The predicted molar refractivity (Wildman–Crippen MR) is 80.6 cm³/mol. The number of likely N-dealkylation sites (N-methyl/N-ethyl adjacent to an activating group) is 1. The SMILES string of the molecule is Cc1ccc(C#CCO)c(C(=O)NC(C)CN(C)C)c1. The summed E-state index contributed by atoms with van der Waals surface area (Å²) in [5.41, 5.74) is 2.20. The molecule has 1 unspecified atom stereocenters. The van der Waals surface area contributed by atoms with E-state index in [1.54, 1.807) is 0 Å². The lowest BCUT2D eigenvalue weighted by Gasteiger charge is -2.18. The summed E-state index contributed by atoms with van der Waals surface area (Å²) < 4.78 is 0. The maximum atomic E-state index is 12.3. The van der Waals surface area contributed by atoms with E-state index in [1.807, 2.05) is 51.0 Å². The second-order valence-electron chi connectivity index (χ2n) is 5.15. The normalized spacial score (nSPS) is 11.7. The molecule has 108 valence electrons. The average molecular weight is 274 g/mol. The van der Waals surface area contributed by atoms with Gasteiger partial charge in [0.15, 0.2) is 0 Å². The van der Waals surface area contributed by atoms with Gasteiger partial charge in [-0.1, -0.05) is 23.5 Å². The molecule has 0 heterocycles. The van der Waals surface area contributed by atoms with Gasteiger partial charge in [0.1, 0.15) is 6.61 Å². The molecule has 0 saturated heterocycles. The van der Waals surface area contributed by atoms with Crippen molar-refractivity contribution in [2.45, 2.75) is 19.9 Å². The van der Waals surface area contributed by atoms with Crippen molar-refractivity contribution in [3.8, 4) is 11.8 Å². The van der Waals surface area contributed by atoms with E-state index in [4.69, 9.17) is 5.11 Å². The first kappa shape index (κ1) is 16.2. The molecule has 1 rings (SSSR count). The lowest BCUT2D eigenvalue weighted by atomic mass is 10.0. The smallest absolute Gasteiger partial charge is 0.252 e. The summed E-state index contributed by atoms with van der Waals surface area (Å²) >= 11 is 0. The number of aliphatic hydroxyl groups excluding tert-OH is 1. The molecule has 0 aliphatic rings. The number of amides is 1. The molecular formula is C16H22N2O2. The summed E-state index contributed by atoms with van der Waals surface area (Å²) in [6.45, 7) is 4.46. The van der Waals surface area contributed by atoms with Crippen LogP contribution in [0.15, 0.2) is 18.2 Å². The van der Waals surface area contributed by atoms with E-state index in [9.17, 15) is 4.79 Å². The number of rotatable bonds is 4. The van der Waals surface area contributed by atoms with Crippen LogP contribution in [0.4, 0.5) is 0 Å². The van der Waals surface area contributed by atoms with Crippen LogP contribution in [0.3, 0.4) is 0 Å². The van der Waals surface area contributed by atoms with Crippen LogP contribution in [-0.2, 0) is 0 Å². The van der Waals surface area contributed by atoms with E-state index in [0.29, 0.717) is 11.1 Å². The van der Waals surface area contributed by atoms with Gasteiger partial charge >= 0.3 is 0 Å². The lowest BCUT2D eigenvalue weighted by Crippen LogP contribution is -2.39. The van der Waals surface area contributed by atoms with Crippen LogP contribution in [0.25, 0.3) is 0 Å². The molecule has 1 aromatic carbocycles. The second-order valence-corrected chi connectivity index (χ2v) is 5.15. The van der Waals surface area contributed by atoms with E-state index in [2.05, 4.69) is 17.2 Å². The Kier molecular flexibility index (Phi) is 6.23. The maximum absolute atomic E-state index is 12.3. The van der Waals surface area contributed by atoms with Gasteiger partial charge in [-0.3, -0.25) is 4.79 Å². The number of aliphatic hydroxyl groups is 1. The van der Waals surface area contributed by atoms with Crippen LogP contribution in [0.5, 0.6) is 0 Å². The van der Waals surface area contributed by atoms with E-state index >= 15 is 0 Å². The molecule has 1 aromatic rings. The van der Waals surface area contributed by atoms with Crippen LogP contribution in [0, 0.1) is 18.8 Å². The topological polar surface area (TPSA) is 52.6 Å². The van der Waals surface area contributed by atoms with Crippen molar-refractivity contribution in [2.75, 3.05) is 27.2 Å². The summed E-state index contributed by atoms with van der Waals surface area (Å²) in [6, 6.07) is 5.58. The van der Waals surface area contributed by atoms with E-state index in [-0.39, 0.29) is 18.6 Å². The molecule has 0 aromatic heterocycles. The van der Waals surface area contributed by atoms with Gasteiger partial charge in [0.2, 0.25) is 0 Å². The first-order valence-electron chi connectivity index (χ1n) is 6.60. The van der Waals surface area contributed by atoms with Crippen molar-refractivity contribution in [1.82, 2.24) is 10.2 Å². The molecule has 0 fully saturated rings. The molecule has 20 heavy (non-hydrogen) atoms. The second kappa shape index (κ2) is 7.68. The van der Waals surface area contributed by atoms with Gasteiger partial charge in [-0.15, -0.1) is 0 Å². The zero-order valence-electron chi connectivity index (χ0n) is 12.5. The summed E-state index contributed by atoms with van der Waals surface area (Å²) in [4.78, 5) is 14.3. The molecule has 0 aliphatic heterocycles. The Bertz CT molecular complexity index is 527. The van der Waals surface area contributed by atoms with Crippen LogP contribution >= 0.6 is 0 Å². The molecule has 0 saturated carbocycles. The van der Waals surface area contributed by atoms with E-state index in [0.717, 1.165) is 12.1 Å². The molecule has 4 nitrogen and oxygen atoms in total. The zero-order chi connectivity index (χ0) is 15.1. The van der Waals surface area contributed by atoms with Gasteiger partial charge in [-0.25, -0.2) is 0 Å². The summed E-state index contributed by atoms with van der Waals surface area (Å²) in [6.07, 6.45) is 0. The number of nitrogens with one attached hydrogen (secondary N) is 1. The first-order valence-corrected chi connectivity index (χ1v) is 6.60. The predicted octanol–water partition coefficient (Wildman–Crippen LogP) is 1.02. The van der Waals surface area contributed by atoms with Gasteiger partial charge in [-0.2, -0.15) is 0 Å². The van der Waals surface area contributed by atoms with Gasteiger partial charge in [0, 0.05) is 18.2 Å². The zero-order valence-corrected chi connectivity index (χ0v) is 12.5.